The van der Waals surface area contributed by atoms with Crippen LogP contribution in [0, 0.1) is 5.92 Å². The highest BCUT2D eigenvalue weighted by Gasteiger charge is 2.20. The molecular formula is C14H21NO2. The van der Waals surface area contributed by atoms with E-state index < -0.39 is 6.10 Å². The molecule has 0 amide bonds. The first kappa shape index (κ1) is 12.4. The van der Waals surface area contributed by atoms with E-state index in [9.17, 15) is 5.11 Å². The molecule has 1 aliphatic carbocycles. The number of aliphatic hydroxyl groups excluding tert-OH is 1. The minimum atomic E-state index is -0.443. The van der Waals surface area contributed by atoms with Gasteiger partial charge in [0.1, 0.15) is 0 Å². The molecule has 1 aromatic rings. The number of hydrogen-bond donors (Lipinski definition) is 1. The van der Waals surface area contributed by atoms with Crippen molar-refractivity contribution < 1.29 is 9.84 Å². The molecule has 0 aliphatic heterocycles. The summed E-state index contributed by atoms with van der Waals surface area (Å²) in [4.78, 5) is 4.13. The molecular weight excluding hydrogens is 214 g/mol. The lowest BCUT2D eigenvalue weighted by Crippen LogP contribution is -2.12. The Balaban J connectivity index is 2.00. The number of aliphatic hydroxyl groups is 1. The molecule has 1 aliphatic rings. The summed E-state index contributed by atoms with van der Waals surface area (Å²) in [5.41, 5.74) is 0.820. The first-order valence-electron chi connectivity index (χ1n) is 6.48. The van der Waals surface area contributed by atoms with Crippen molar-refractivity contribution in [2.24, 2.45) is 5.92 Å². The summed E-state index contributed by atoms with van der Waals surface area (Å²) in [5, 5.41) is 10.3. The van der Waals surface area contributed by atoms with Crippen molar-refractivity contribution in [1.82, 2.24) is 4.98 Å². The van der Waals surface area contributed by atoms with Crippen molar-refractivity contribution in [3.63, 3.8) is 0 Å². The average Bonchev–Trinajstić information content (AvgIpc) is 2.40. The van der Waals surface area contributed by atoms with E-state index in [0.29, 0.717) is 11.8 Å². The smallest absolute Gasteiger partial charge is 0.218 e. The van der Waals surface area contributed by atoms with Crippen molar-refractivity contribution >= 4 is 0 Å². The number of rotatable bonds is 4. The molecule has 3 nitrogen and oxygen atoms in total. The standard InChI is InChI=1S/C14H21NO2/c1-17-14-12(8-5-9-15-14)13(16)10-11-6-3-2-4-7-11/h5,8-9,11,13,16H,2-4,6-7,10H2,1H3. The molecule has 0 saturated heterocycles. The van der Waals surface area contributed by atoms with E-state index in [0.717, 1.165) is 12.0 Å². The van der Waals surface area contributed by atoms with Gasteiger partial charge in [-0.05, 0) is 24.5 Å². The molecule has 0 spiro atoms. The van der Waals surface area contributed by atoms with Gasteiger partial charge in [0.25, 0.3) is 0 Å². The van der Waals surface area contributed by atoms with Crippen LogP contribution in [0.5, 0.6) is 5.88 Å². The third-order valence-electron chi connectivity index (χ3n) is 3.63. The van der Waals surface area contributed by atoms with Crippen LogP contribution in [0.25, 0.3) is 0 Å². The minimum absolute atomic E-state index is 0.443. The molecule has 1 fully saturated rings. The Hall–Kier alpha value is -1.09. The lowest BCUT2D eigenvalue weighted by molar-refractivity contribution is 0.127. The summed E-state index contributed by atoms with van der Waals surface area (Å²) >= 11 is 0. The van der Waals surface area contributed by atoms with Gasteiger partial charge in [-0.15, -0.1) is 0 Å². The van der Waals surface area contributed by atoms with Gasteiger partial charge in [-0.25, -0.2) is 4.98 Å². The molecule has 0 bridgehead atoms. The fourth-order valence-electron chi connectivity index (χ4n) is 2.69. The number of ether oxygens (including phenoxy) is 1. The van der Waals surface area contributed by atoms with Crippen molar-refractivity contribution in [2.45, 2.75) is 44.6 Å². The third kappa shape index (κ3) is 3.19. The summed E-state index contributed by atoms with van der Waals surface area (Å²) < 4.78 is 5.18. The van der Waals surface area contributed by atoms with Crippen molar-refractivity contribution in [3.05, 3.63) is 23.9 Å². The topological polar surface area (TPSA) is 42.4 Å². The molecule has 1 saturated carbocycles. The molecule has 1 unspecified atom stereocenters. The van der Waals surface area contributed by atoms with Gasteiger partial charge in [0.15, 0.2) is 0 Å². The third-order valence-corrected chi connectivity index (χ3v) is 3.63. The Morgan fingerprint density at radius 3 is 2.88 bits per heavy atom. The Labute approximate surface area is 103 Å². The maximum atomic E-state index is 10.3. The molecule has 94 valence electrons. The van der Waals surface area contributed by atoms with Gasteiger partial charge in [-0.3, -0.25) is 0 Å². The highest BCUT2D eigenvalue weighted by atomic mass is 16.5. The molecule has 0 aromatic carbocycles. The zero-order valence-corrected chi connectivity index (χ0v) is 10.4. The summed E-state index contributed by atoms with van der Waals surface area (Å²) in [6.07, 6.45) is 8.55. The number of nitrogens with zero attached hydrogens (tertiary/aromatic N) is 1. The van der Waals surface area contributed by atoms with E-state index in [-0.39, 0.29) is 0 Å². The Morgan fingerprint density at radius 2 is 2.18 bits per heavy atom. The lowest BCUT2D eigenvalue weighted by atomic mass is 9.84. The SMILES string of the molecule is COc1ncccc1C(O)CC1CCCCC1. The van der Waals surface area contributed by atoms with Crippen LogP contribution in [0.4, 0.5) is 0 Å². The van der Waals surface area contributed by atoms with Crippen LogP contribution in [0.1, 0.15) is 50.2 Å². The zero-order valence-electron chi connectivity index (χ0n) is 10.4. The van der Waals surface area contributed by atoms with Gasteiger partial charge >= 0.3 is 0 Å². The number of hydrogen-bond acceptors (Lipinski definition) is 3. The fraction of sp³-hybridized carbons (Fsp3) is 0.643. The minimum Gasteiger partial charge on any atom is -0.481 e. The van der Waals surface area contributed by atoms with Gasteiger partial charge in [-0.1, -0.05) is 32.1 Å². The van der Waals surface area contributed by atoms with E-state index in [4.69, 9.17) is 4.74 Å². The number of methoxy groups -OCH3 is 1. The monoisotopic (exact) mass is 235 g/mol. The zero-order chi connectivity index (χ0) is 12.1. The van der Waals surface area contributed by atoms with E-state index in [1.165, 1.54) is 32.1 Å². The molecule has 1 N–H and O–H groups in total. The first-order chi connectivity index (χ1) is 8.31. The molecule has 1 aromatic heterocycles. The second-order valence-electron chi connectivity index (χ2n) is 4.86. The second-order valence-corrected chi connectivity index (χ2v) is 4.86. The van der Waals surface area contributed by atoms with Gasteiger partial charge in [0.05, 0.1) is 13.2 Å². The van der Waals surface area contributed by atoms with Crippen LogP contribution in [-0.4, -0.2) is 17.2 Å². The van der Waals surface area contributed by atoms with Crippen molar-refractivity contribution in [3.8, 4) is 5.88 Å². The summed E-state index contributed by atoms with van der Waals surface area (Å²) in [6.45, 7) is 0. The second kappa shape index (κ2) is 6.01. The highest BCUT2D eigenvalue weighted by Crippen LogP contribution is 2.33. The predicted molar refractivity (Wildman–Crippen MR) is 66.9 cm³/mol. The maximum absolute atomic E-state index is 10.3. The van der Waals surface area contributed by atoms with E-state index in [1.54, 1.807) is 13.3 Å². The van der Waals surface area contributed by atoms with Crippen LogP contribution in [0.15, 0.2) is 18.3 Å². The normalized spacial score (nSPS) is 18.9. The molecule has 17 heavy (non-hydrogen) atoms. The van der Waals surface area contributed by atoms with Crippen molar-refractivity contribution in [1.29, 1.82) is 0 Å². The van der Waals surface area contributed by atoms with Gasteiger partial charge in [0, 0.05) is 11.8 Å². The van der Waals surface area contributed by atoms with Crippen LogP contribution in [0.2, 0.25) is 0 Å². The van der Waals surface area contributed by atoms with Crippen molar-refractivity contribution in [2.75, 3.05) is 7.11 Å². The Bertz CT molecular complexity index is 348. The van der Waals surface area contributed by atoms with Gasteiger partial charge in [0.2, 0.25) is 5.88 Å². The fourth-order valence-corrected chi connectivity index (χ4v) is 2.69. The number of pyridine rings is 1. The Kier molecular flexibility index (Phi) is 4.37. The first-order valence-corrected chi connectivity index (χ1v) is 6.48. The molecule has 2 rings (SSSR count). The molecule has 1 atom stereocenters. The van der Waals surface area contributed by atoms with E-state index >= 15 is 0 Å². The number of aromatic nitrogens is 1. The summed E-state index contributed by atoms with van der Waals surface area (Å²) in [6, 6.07) is 3.75. The van der Waals surface area contributed by atoms with Gasteiger partial charge in [-0.2, -0.15) is 0 Å². The highest BCUT2D eigenvalue weighted by molar-refractivity contribution is 5.27. The Morgan fingerprint density at radius 1 is 1.41 bits per heavy atom. The quantitative estimate of drug-likeness (QED) is 0.872. The maximum Gasteiger partial charge on any atom is 0.218 e. The van der Waals surface area contributed by atoms with E-state index in [2.05, 4.69) is 4.98 Å². The van der Waals surface area contributed by atoms with Crippen LogP contribution < -0.4 is 4.74 Å². The summed E-state index contributed by atoms with van der Waals surface area (Å²) in [5.74, 6) is 1.21. The van der Waals surface area contributed by atoms with Crippen LogP contribution >= 0.6 is 0 Å². The lowest BCUT2D eigenvalue weighted by Gasteiger charge is -2.24. The average molecular weight is 235 g/mol. The van der Waals surface area contributed by atoms with Gasteiger partial charge < -0.3 is 9.84 Å². The molecule has 1 heterocycles. The van der Waals surface area contributed by atoms with Crippen LogP contribution in [-0.2, 0) is 0 Å². The predicted octanol–water partition coefficient (Wildman–Crippen LogP) is 3.09. The largest absolute Gasteiger partial charge is 0.481 e. The van der Waals surface area contributed by atoms with Crippen LogP contribution in [0.3, 0.4) is 0 Å². The van der Waals surface area contributed by atoms with E-state index in [1.807, 2.05) is 12.1 Å². The molecule has 3 heteroatoms. The molecule has 0 radical (unpaired) electrons. The summed E-state index contributed by atoms with van der Waals surface area (Å²) in [7, 11) is 1.60.